The molecule has 10 nitrogen and oxygen atoms in total. The van der Waals surface area contributed by atoms with Gasteiger partial charge in [0.15, 0.2) is 0 Å². The summed E-state index contributed by atoms with van der Waals surface area (Å²) in [6.07, 6.45) is 1.18. The number of carbonyl (C=O) groups excluding carboxylic acids is 1. The molecule has 0 bridgehead atoms. The Hall–Kier alpha value is -3.84. The minimum atomic E-state index is -4.87. The summed E-state index contributed by atoms with van der Waals surface area (Å²) < 4.78 is 77.0. The van der Waals surface area contributed by atoms with Crippen molar-refractivity contribution in [3.8, 4) is 22.5 Å². The van der Waals surface area contributed by atoms with E-state index in [1.807, 2.05) is 32.0 Å². The molecule has 41 heavy (non-hydrogen) atoms. The number of esters is 1. The summed E-state index contributed by atoms with van der Waals surface area (Å²) in [5.41, 5.74) is 1.67. The molecule has 1 heterocycles. The highest BCUT2D eigenvalue weighted by Gasteiger charge is 2.26. The van der Waals surface area contributed by atoms with E-state index in [9.17, 15) is 26.2 Å². The monoisotopic (exact) mass is 599 g/mol. The first-order valence-corrected chi connectivity index (χ1v) is 15.9. The van der Waals surface area contributed by atoms with E-state index in [4.69, 9.17) is 9.15 Å². The van der Waals surface area contributed by atoms with Crippen molar-refractivity contribution >= 4 is 37.1 Å². The van der Waals surface area contributed by atoms with E-state index in [1.54, 1.807) is 24.3 Å². The normalized spacial score (nSPS) is 12.0. The minimum Gasteiger partial charge on any atom is -0.462 e. The number of ether oxygens (including phenoxy) is 1. The van der Waals surface area contributed by atoms with Crippen LogP contribution in [0.5, 0.6) is 0 Å². The van der Waals surface area contributed by atoms with Crippen molar-refractivity contribution < 1.29 is 35.3 Å². The molecular weight excluding hydrogens is 568 g/mol. The molecule has 0 amide bonds. The van der Waals surface area contributed by atoms with E-state index in [0.29, 0.717) is 27.9 Å². The van der Waals surface area contributed by atoms with Gasteiger partial charge in [0.05, 0.1) is 17.6 Å². The predicted octanol–water partition coefficient (Wildman–Crippen LogP) is 3.66. The SMILES string of the molecule is C=CC(=O)OCCCNS(=O)(=O)c1ccc(-c2c3ccc(=[N+](CC)CC)cc-3oc3ccccc23)c(S(=O)(=O)O)c1. The predicted molar refractivity (Wildman–Crippen MR) is 155 cm³/mol. The lowest BCUT2D eigenvalue weighted by atomic mass is 9.93. The molecule has 12 heteroatoms. The van der Waals surface area contributed by atoms with E-state index in [2.05, 4.69) is 15.9 Å². The highest BCUT2D eigenvalue weighted by molar-refractivity contribution is 7.89. The van der Waals surface area contributed by atoms with Crippen molar-refractivity contribution in [2.75, 3.05) is 26.2 Å². The third kappa shape index (κ3) is 6.57. The van der Waals surface area contributed by atoms with Gasteiger partial charge in [-0.15, -0.1) is 0 Å². The molecule has 0 radical (unpaired) electrons. The van der Waals surface area contributed by atoms with Gasteiger partial charge in [-0.3, -0.25) is 4.55 Å². The Labute approximate surface area is 238 Å². The average molecular weight is 600 g/mol. The second-order valence-electron chi connectivity index (χ2n) is 9.08. The first kappa shape index (κ1) is 30.1. The molecule has 1 aliphatic heterocycles. The molecule has 0 atom stereocenters. The standard InChI is InChI=1S/C29H30N2O8S2/c1-4-28(32)38-17-9-16-30-40(33,34)21-13-15-24(27(19-21)41(35,36)37)29-22-10-7-8-11-25(22)39-26-18-20(12-14-23(26)29)31(5-2)6-3/h4,7-8,10-15,18-19,30H,1,5-6,9,16-17H2,2-3H3/p+1. The first-order chi connectivity index (χ1) is 19.5. The van der Waals surface area contributed by atoms with Crippen LogP contribution in [0.4, 0.5) is 0 Å². The van der Waals surface area contributed by atoms with Crippen molar-refractivity contribution in [2.45, 2.75) is 30.1 Å². The van der Waals surface area contributed by atoms with E-state index in [0.717, 1.165) is 30.6 Å². The number of nitrogens with zero attached hydrogens (tertiary/aromatic N) is 1. The van der Waals surface area contributed by atoms with Crippen molar-refractivity contribution in [1.29, 1.82) is 0 Å². The van der Waals surface area contributed by atoms with Crippen LogP contribution in [0.3, 0.4) is 0 Å². The zero-order valence-electron chi connectivity index (χ0n) is 22.7. The zero-order chi connectivity index (χ0) is 29.8. The number of para-hydroxylation sites is 1. The molecular formula is C29H31N2O8S2+. The molecule has 0 aromatic heterocycles. The van der Waals surface area contributed by atoms with Crippen LogP contribution in [0.25, 0.3) is 33.4 Å². The number of sulfonamides is 1. The number of nitrogens with one attached hydrogen (secondary N) is 1. The molecule has 2 N–H and O–H groups in total. The van der Waals surface area contributed by atoms with Crippen molar-refractivity contribution in [3.05, 3.63) is 78.7 Å². The smallest absolute Gasteiger partial charge is 0.330 e. The fourth-order valence-corrected chi connectivity index (χ4v) is 6.49. The van der Waals surface area contributed by atoms with Gasteiger partial charge in [-0.05, 0) is 44.5 Å². The van der Waals surface area contributed by atoms with E-state index in [1.165, 1.54) is 12.1 Å². The molecule has 2 aromatic carbocycles. The Balaban J connectivity index is 1.86. The minimum absolute atomic E-state index is 0.0300. The van der Waals surface area contributed by atoms with Gasteiger partial charge in [0.2, 0.25) is 15.4 Å². The summed E-state index contributed by atoms with van der Waals surface area (Å²) in [7, 11) is -9.04. The average Bonchev–Trinajstić information content (AvgIpc) is 2.95. The second-order valence-corrected chi connectivity index (χ2v) is 12.2. The van der Waals surface area contributed by atoms with Crippen molar-refractivity contribution in [1.82, 2.24) is 9.30 Å². The van der Waals surface area contributed by atoms with Gasteiger partial charge in [-0.25, -0.2) is 22.5 Å². The Morgan fingerprint density at radius 1 is 1.02 bits per heavy atom. The fraction of sp³-hybridized carbons (Fsp3) is 0.241. The number of hydrogen-bond donors (Lipinski definition) is 2. The summed E-state index contributed by atoms with van der Waals surface area (Å²) in [6.45, 7) is 8.82. The van der Waals surface area contributed by atoms with Gasteiger partial charge in [0.25, 0.3) is 10.1 Å². The summed E-state index contributed by atoms with van der Waals surface area (Å²) in [5, 5.41) is 1.51. The Morgan fingerprint density at radius 3 is 2.41 bits per heavy atom. The van der Waals surface area contributed by atoms with Gasteiger partial charge < -0.3 is 9.15 Å². The van der Waals surface area contributed by atoms with Crippen LogP contribution in [0.15, 0.2) is 87.5 Å². The van der Waals surface area contributed by atoms with Crippen molar-refractivity contribution in [2.24, 2.45) is 0 Å². The first-order valence-electron chi connectivity index (χ1n) is 12.9. The van der Waals surface area contributed by atoms with Gasteiger partial charge in [0, 0.05) is 40.8 Å². The van der Waals surface area contributed by atoms with Gasteiger partial charge in [-0.2, -0.15) is 8.42 Å². The van der Waals surface area contributed by atoms with Crippen LogP contribution in [0.2, 0.25) is 0 Å². The maximum atomic E-state index is 13.0. The summed E-state index contributed by atoms with van der Waals surface area (Å²) in [5.74, 6) is -0.126. The Kier molecular flexibility index (Phi) is 9.08. The van der Waals surface area contributed by atoms with Crippen LogP contribution in [-0.2, 0) is 29.7 Å². The second kappa shape index (κ2) is 12.4. The quantitative estimate of drug-likeness (QED) is 0.0664. The van der Waals surface area contributed by atoms with E-state index in [-0.39, 0.29) is 30.0 Å². The molecule has 0 saturated heterocycles. The van der Waals surface area contributed by atoms with Crippen LogP contribution in [0, 0.1) is 0 Å². The molecule has 2 aromatic rings. The van der Waals surface area contributed by atoms with Crippen LogP contribution >= 0.6 is 0 Å². The number of fused-ring (bicyclic) bond motifs is 2. The molecule has 0 unspecified atom stereocenters. The lowest BCUT2D eigenvalue weighted by Crippen LogP contribution is -2.29. The van der Waals surface area contributed by atoms with Crippen LogP contribution in [0.1, 0.15) is 20.3 Å². The molecule has 216 valence electrons. The van der Waals surface area contributed by atoms with E-state index >= 15 is 0 Å². The molecule has 0 saturated carbocycles. The molecule has 4 rings (SSSR count). The largest absolute Gasteiger partial charge is 0.462 e. The summed E-state index contributed by atoms with van der Waals surface area (Å²) in [6, 6.07) is 16.3. The number of benzene rings is 3. The highest BCUT2D eigenvalue weighted by Crippen LogP contribution is 2.42. The van der Waals surface area contributed by atoms with E-state index < -0.39 is 31.0 Å². The number of carbonyl (C=O) groups is 1. The lowest BCUT2D eigenvalue weighted by Gasteiger charge is -2.17. The van der Waals surface area contributed by atoms with Crippen LogP contribution < -0.4 is 14.7 Å². The number of hydrogen-bond acceptors (Lipinski definition) is 7. The fourth-order valence-electron chi connectivity index (χ4n) is 4.59. The highest BCUT2D eigenvalue weighted by atomic mass is 32.2. The molecule has 2 aliphatic rings. The lowest BCUT2D eigenvalue weighted by molar-refractivity contribution is -0.137. The van der Waals surface area contributed by atoms with Crippen molar-refractivity contribution in [3.63, 3.8) is 0 Å². The Bertz CT molecular complexity index is 1870. The molecule has 0 fully saturated rings. The van der Waals surface area contributed by atoms with Gasteiger partial charge in [0.1, 0.15) is 29.3 Å². The van der Waals surface area contributed by atoms with Gasteiger partial charge in [-0.1, -0.05) is 30.8 Å². The topological polar surface area (TPSA) is 143 Å². The summed E-state index contributed by atoms with van der Waals surface area (Å²) in [4.78, 5) is 10.2. The van der Waals surface area contributed by atoms with Crippen LogP contribution in [-0.4, -0.2) is 53.6 Å². The summed E-state index contributed by atoms with van der Waals surface area (Å²) >= 11 is 0. The maximum absolute atomic E-state index is 13.0. The maximum Gasteiger partial charge on any atom is 0.330 e. The Morgan fingerprint density at radius 2 is 1.73 bits per heavy atom. The third-order valence-electron chi connectivity index (χ3n) is 6.57. The molecule has 1 aliphatic carbocycles. The van der Waals surface area contributed by atoms with Gasteiger partial charge >= 0.3 is 5.97 Å². The third-order valence-corrected chi connectivity index (χ3v) is 8.93. The number of rotatable bonds is 11. The molecule has 0 spiro atoms. The zero-order valence-corrected chi connectivity index (χ0v) is 24.3.